The van der Waals surface area contributed by atoms with Crippen LogP contribution in [0, 0.1) is 17.7 Å². The van der Waals surface area contributed by atoms with Crippen LogP contribution in [0.2, 0.25) is 5.02 Å². The Balaban J connectivity index is 3.12. The molecule has 0 radical (unpaired) electrons. The summed E-state index contributed by atoms with van der Waals surface area (Å²) in [5, 5.41) is 8.87. The summed E-state index contributed by atoms with van der Waals surface area (Å²) in [5.74, 6) is -2.86. The summed E-state index contributed by atoms with van der Waals surface area (Å²) in [6.07, 6.45) is 0. The molecule has 1 aromatic rings. The first-order valence-corrected chi connectivity index (χ1v) is 6.61. The fourth-order valence-electron chi connectivity index (χ4n) is 1.64. The summed E-state index contributed by atoms with van der Waals surface area (Å²) in [6.45, 7) is 4.94. The molecular weight excluding hydrogens is 285 g/mol. The number of aliphatic carboxylic acids is 1. The monoisotopic (exact) mass is 301 g/mol. The second kappa shape index (κ2) is 6.70. The van der Waals surface area contributed by atoms with Crippen molar-refractivity contribution >= 4 is 29.2 Å². The molecule has 0 fully saturated rings. The van der Waals surface area contributed by atoms with Gasteiger partial charge in [0.1, 0.15) is 5.82 Å². The smallest absolute Gasteiger partial charge is 0.308 e. The number of carbonyl (C=O) groups is 2. The summed E-state index contributed by atoms with van der Waals surface area (Å²) in [6, 6.07) is 3.89. The molecule has 0 aliphatic carbocycles. The number of amides is 1. The molecule has 0 spiro atoms. The van der Waals surface area contributed by atoms with Crippen LogP contribution in [0.4, 0.5) is 10.1 Å². The van der Waals surface area contributed by atoms with Crippen LogP contribution in [0.1, 0.15) is 20.8 Å². The van der Waals surface area contributed by atoms with Crippen LogP contribution >= 0.6 is 11.6 Å². The van der Waals surface area contributed by atoms with Gasteiger partial charge in [-0.25, -0.2) is 4.39 Å². The van der Waals surface area contributed by atoms with Gasteiger partial charge in [-0.1, -0.05) is 32.4 Å². The van der Waals surface area contributed by atoms with E-state index >= 15 is 0 Å². The van der Waals surface area contributed by atoms with Gasteiger partial charge in [-0.15, -0.1) is 0 Å². The zero-order valence-corrected chi connectivity index (χ0v) is 12.3. The maximum atomic E-state index is 13.2. The van der Waals surface area contributed by atoms with E-state index in [0.717, 1.165) is 6.07 Å². The maximum absolute atomic E-state index is 13.2. The van der Waals surface area contributed by atoms with Gasteiger partial charge in [0.15, 0.2) is 0 Å². The molecule has 6 heteroatoms. The van der Waals surface area contributed by atoms with Gasteiger partial charge in [0.2, 0.25) is 5.91 Å². The third-order valence-electron chi connectivity index (χ3n) is 2.85. The number of nitrogens with zero attached hydrogens (tertiary/aromatic N) is 1. The highest BCUT2D eigenvalue weighted by Gasteiger charge is 2.24. The molecule has 1 rings (SSSR count). The quantitative estimate of drug-likeness (QED) is 0.908. The Morgan fingerprint density at radius 1 is 1.35 bits per heavy atom. The van der Waals surface area contributed by atoms with Gasteiger partial charge in [-0.05, 0) is 18.2 Å². The number of hydrogen-bond donors (Lipinski definition) is 1. The fourth-order valence-corrected chi connectivity index (χ4v) is 1.81. The number of carbonyl (C=O) groups excluding carboxylic acids is 1. The molecule has 0 aliphatic heterocycles. The Kier molecular flexibility index (Phi) is 5.51. The Hall–Kier alpha value is -1.62. The molecule has 20 heavy (non-hydrogen) atoms. The van der Waals surface area contributed by atoms with E-state index in [1.54, 1.807) is 13.8 Å². The molecule has 4 nitrogen and oxygen atoms in total. The number of carboxylic acid groups (broad SMARTS) is 1. The zero-order chi connectivity index (χ0) is 15.4. The molecule has 0 saturated heterocycles. The minimum absolute atomic E-state index is 0.00824. The van der Waals surface area contributed by atoms with Crippen molar-refractivity contribution in [3.8, 4) is 0 Å². The predicted octanol–water partition coefficient (Wildman–Crippen LogP) is 3.19. The van der Waals surface area contributed by atoms with Gasteiger partial charge in [0.25, 0.3) is 0 Å². The summed E-state index contributed by atoms with van der Waals surface area (Å²) >= 11 is 5.71. The average Bonchev–Trinajstić information content (AvgIpc) is 2.38. The van der Waals surface area contributed by atoms with Crippen LogP contribution in [0.5, 0.6) is 0 Å². The number of anilines is 1. The van der Waals surface area contributed by atoms with E-state index in [1.807, 2.05) is 0 Å². The van der Waals surface area contributed by atoms with Gasteiger partial charge in [-0.2, -0.15) is 0 Å². The molecule has 1 atom stereocenters. The van der Waals surface area contributed by atoms with Crippen molar-refractivity contribution in [3.05, 3.63) is 29.0 Å². The van der Waals surface area contributed by atoms with Crippen molar-refractivity contribution < 1.29 is 19.1 Å². The Bertz CT molecular complexity index is 519. The largest absolute Gasteiger partial charge is 0.481 e. The lowest BCUT2D eigenvalue weighted by Crippen LogP contribution is -2.39. The molecule has 1 unspecified atom stereocenters. The average molecular weight is 302 g/mol. The molecule has 1 N–H and O–H groups in total. The van der Waals surface area contributed by atoms with E-state index in [1.165, 1.54) is 24.0 Å². The lowest BCUT2D eigenvalue weighted by molar-refractivity contribution is -0.140. The van der Waals surface area contributed by atoms with Crippen molar-refractivity contribution in [1.82, 2.24) is 0 Å². The van der Waals surface area contributed by atoms with Gasteiger partial charge < -0.3 is 10.0 Å². The van der Waals surface area contributed by atoms with E-state index in [4.69, 9.17) is 16.7 Å². The van der Waals surface area contributed by atoms with Gasteiger partial charge in [0, 0.05) is 18.2 Å². The molecule has 110 valence electrons. The van der Waals surface area contributed by atoms with Crippen LogP contribution in [0.15, 0.2) is 18.2 Å². The van der Waals surface area contributed by atoms with Crippen molar-refractivity contribution in [1.29, 1.82) is 0 Å². The first-order chi connectivity index (χ1) is 9.23. The number of hydrogen-bond acceptors (Lipinski definition) is 2. The first-order valence-electron chi connectivity index (χ1n) is 6.23. The molecule has 1 aromatic carbocycles. The summed E-state index contributed by atoms with van der Waals surface area (Å²) in [7, 11) is 0. The number of rotatable bonds is 5. The second-order valence-electron chi connectivity index (χ2n) is 4.94. The highest BCUT2D eigenvalue weighted by molar-refractivity contribution is 6.31. The number of benzene rings is 1. The molecular formula is C14H17ClFNO3. The highest BCUT2D eigenvalue weighted by Crippen LogP contribution is 2.24. The summed E-state index contributed by atoms with van der Waals surface area (Å²) < 4.78 is 13.2. The standard InChI is InChI=1S/C14H17ClFNO3/c1-8(2)13(18)17(7-9(3)14(19)20)10-4-5-12(16)11(15)6-10/h4-6,8-9H,7H2,1-3H3,(H,19,20). The summed E-state index contributed by atoms with van der Waals surface area (Å²) in [4.78, 5) is 24.5. The second-order valence-corrected chi connectivity index (χ2v) is 5.35. The molecule has 0 saturated carbocycles. The normalized spacial score (nSPS) is 12.3. The Labute approximate surface area is 122 Å². The third kappa shape index (κ3) is 3.93. The predicted molar refractivity (Wildman–Crippen MR) is 75.4 cm³/mol. The van der Waals surface area contributed by atoms with Crippen molar-refractivity contribution in [2.24, 2.45) is 11.8 Å². The van der Waals surface area contributed by atoms with Crippen molar-refractivity contribution in [2.75, 3.05) is 11.4 Å². The van der Waals surface area contributed by atoms with Gasteiger partial charge in [-0.3, -0.25) is 9.59 Å². The molecule has 0 aromatic heterocycles. The maximum Gasteiger partial charge on any atom is 0.308 e. The molecule has 0 heterocycles. The van der Waals surface area contributed by atoms with Gasteiger partial charge >= 0.3 is 5.97 Å². The van der Waals surface area contributed by atoms with E-state index < -0.39 is 17.7 Å². The number of carboxylic acids is 1. The van der Waals surface area contributed by atoms with Gasteiger partial charge in [0.05, 0.1) is 10.9 Å². The topological polar surface area (TPSA) is 57.6 Å². The summed E-state index contributed by atoms with van der Waals surface area (Å²) in [5.41, 5.74) is 0.392. The molecule has 0 aliphatic rings. The lowest BCUT2D eigenvalue weighted by atomic mass is 10.1. The van der Waals surface area contributed by atoms with Crippen molar-refractivity contribution in [3.63, 3.8) is 0 Å². The first kappa shape index (κ1) is 16.4. The minimum atomic E-state index is -1.00. The van der Waals surface area contributed by atoms with E-state index in [0.29, 0.717) is 5.69 Å². The van der Waals surface area contributed by atoms with Crippen LogP contribution in [-0.4, -0.2) is 23.5 Å². The van der Waals surface area contributed by atoms with Crippen LogP contribution < -0.4 is 4.90 Å². The van der Waals surface area contributed by atoms with Crippen LogP contribution in [-0.2, 0) is 9.59 Å². The SMILES string of the molecule is CC(C)C(=O)N(CC(C)C(=O)O)c1ccc(F)c(Cl)c1. The third-order valence-corrected chi connectivity index (χ3v) is 3.14. The molecule has 1 amide bonds. The lowest BCUT2D eigenvalue weighted by Gasteiger charge is -2.26. The van der Waals surface area contributed by atoms with Crippen molar-refractivity contribution in [2.45, 2.75) is 20.8 Å². The van der Waals surface area contributed by atoms with E-state index in [-0.39, 0.29) is 23.4 Å². The van der Waals surface area contributed by atoms with Crippen LogP contribution in [0.25, 0.3) is 0 Å². The zero-order valence-electron chi connectivity index (χ0n) is 11.6. The van der Waals surface area contributed by atoms with E-state index in [2.05, 4.69) is 0 Å². The molecule has 0 bridgehead atoms. The number of halogens is 2. The highest BCUT2D eigenvalue weighted by atomic mass is 35.5. The van der Waals surface area contributed by atoms with E-state index in [9.17, 15) is 14.0 Å². The van der Waals surface area contributed by atoms with Crippen LogP contribution in [0.3, 0.4) is 0 Å². The minimum Gasteiger partial charge on any atom is -0.481 e. The Morgan fingerprint density at radius 2 is 1.95 bits per heavy atom. The Morgan fingerprint density at radius 3 is 2.40 bits per heavy atom. The fraction of sp³-hybridized carbons (Fsp3) is 0.429.